The van der Waals surface area contributed by atoms with Gasteiger partial charge in [-0.25, -0.2) is 4.79 Å². The second kappa shape index (κ2) is 7.03. The van der Waals surface area contributed by atoms with Crippen LogP contribution in [0.25, 0.3) is 10.9 Å². The van der Waals surface area contributed by atoms with Crippen LogP contribution in [0, 0.1) is 0 Å². The van der Waals surface area contributed by atoms with Gasteiger partial charge in [-0.1, -0.05) is 12.1 Å². The number of pyridine rings is 1. The Bertz CT molecular complexity index is 907. The number of nitrogens with zero attached hydrogens (tertiary/aromatic N) is 2. The Morgan fingerprint density at radius 3 is 2.81 bits per heavy atom. The van der Waals surface area contributed by atoms with E-state index in [2.05, 4.69) is 15.6 Å². The summed E-state index contributed by atoms with van der Waals surface area (Å²) in [6, 6.07) is 7.00. The molecular formula is C19H22N4O3. The van der Waals surface area contributed by atoms with E-state index in [1.807, 2.05) is 24.3 Å². The van der Waals surface area contributed by atoms with Gasteiger partial charge in [-0.2, -0.15) is 0 Å². The van der Waals surface area contributed by atoms with Crippen molar-refractivity contribution in [2.45, 2.75) is 26.4 Å². The lowest BCUT2D eigenvalue weighted by atomic mass is 10.0. The topological polar surface area (TPSA) is 83.6 Å². The first-order chi connectivity index (χ1) is 12.4. The van der Waals surface area contributed by atoms with Crippen LogP contribution in [-0.4, -0.2) is 42.0 Å². The van der Waals surface area contributed by atoms with Crippen molar-refractivity contribution < 1.29 is 14.3 Å². The number of urea groups is 1. The first-order valence-corrected chi connectivity index (χ1v) is 8.36. The number of amides is 3. The molecule has 0 fully saturated rings. The van der Waals surface area contributed by atoms with Crippen molar-refractivity contribution >= 4 is 22.8 Å². The van der Waals surface area contributed by atoms with Crippen LogP contribution in [0.5, 0.6) is 5.75 Å². The van der Waals surface area contributed by atoms with Gasteiger partial charge in [0.05, 0.1) is 18.7 Å². The van der Waals surface area contributed by atoms with Gasteiger partial charge in [0.2, 0.25) is 0 Å². The quantitative estimate of drug-likeness (QED) is 0.881. The van der Waals surface area contributed by atoms with Gasteiger partial charge < -0.3 is 20.3 Å². The van der Waals surface area contributed by atoms with E-state index >= 15 is 0 Å². The number of methoxy groups -OCH3 is 1. The Hall–Kier alpha value is -3.09. The van der Waals surface area contributed by atoms with E-state index in [9.17, 15) is 9.59 Å². The molecule has 1 unspecified atom stereocenters. The second-order valence-electron chi connectivity index (χ2n) is 6.35. The minimum Gasteiger partial charge on any atom is -0.494 e. The van der Waals surface area contributed by atoms with E-state index in [0.717, 1.165) is 16.5 Å². The molecule has 0 saturated carbocycles. The van der Waals surface area contributed by atoms with E-state index in [1.54, 1.807) is 39.1 Å². The van der Waals surface area contributed by atoms with Crippen LogP contribution in [0.4, 0.5) is 4.79 Å². The monoisotopic (exact) mass is 354 g/mol. The maximum atomic E-state index is 12.9. The van der Waals surface area contributed by atoms with Crippen LogP contribution in [0.2, 0.25) is 0 Å². The van der Waals surface area contributed by atoms with Gasteiger partial charge in [-0.15, -0.1) is 0 Å². The average Bonchev–Trinajstić information content (AvgIpc) is 2.61. The number of likely N-dealkylation sites (N-methyl/N-ethyl adjacent to an activating group) is 1. The van der Waals surface area contributed by atoms with Crippen LogP contribution >= 0.6 is 0 Å². The Kier molecular flexibility index (Phi) is 4.79. The molecule has 1 aromatic carbocycles. The predicted octanol–water partition coefficient (Wildman–Crippen LogP) is 2.18. The smallest absolute Gasteiger partial charge is 0.319 e. The third-order valence-corrected chi connectivity index (χ3v) is 4.51. The van der Waals surface area contributed by atoms with E-state index in [0.29, 0.717) is 23.6 Å². The zero-order valence-corrected chi connectivity index (χ0v) is 15.3. The van der Waals surface area contributed by atoms with E-state index < -0.39 is 0 Å². The number of aromatic nitrogens is 1. The molecule has 0 radical (unpaired) electrons. The first-order valence-electron chi connectivity index (χ1n) is 8.36. The minimum atomic E-state index is -0.340. The number of carbonyl (C=O) groups excluding carboxylic acids is 2. The van der Waals surface area contributed by atoms with Gasteiger partial charge >= 0.3 is 6.03 Å². The van der Waals surface area contributed by atoms with Crippen molar-refractivity contribution in [2.24, 2.45) is 0 Å². The number of benzene rings is 1. The molecule has 3 amide bonds. The molecule has 7 nitrogen and oxygen atoms in total. The molecule has 26 heavy (non-hydrogen) atoms. The van der Waals surface area contributed by atoms with Crippen LogP contribution < -0.4 is 15.4 Å². The Balaban J connectivity index is 1.90. The summed E-state index contributed by atoms with van der Waals surface area (Å²) in [5.74, 6) is 0.569. The highest BCUT2D eigenvalue weighted by atomic mass is 16.5. The molecule has 0 spiro atoms. The molecular weight excluding hydrogens is 332 g/mol. The van der Waals surface area contributed by atoms with Gasteiger partial charge in [0, 0.05) is 30.9 Å². The number of nitrogens with one attached hydrogen (secondary N) is 2. The van der Waals surface area contributed by atoms with Crippen LogP contribution in [-0.2, 0) is 11.3 Å². The molecule has 2 aromatic rings. The Labute approximate surface area is 152 Å². The highest BCUT2D eigenvalue weighted by molar-refractivity contribution is 5.98. The second-order valence-corrected chi connectivity index (χ2v) is 6.35. The fourth-order valence-electron chi connectivity index (χ4n) is 3.25. The predicted molar refractivity (Wildman–Crippen MR) is 98.6 cm³/mol. The Morgan fingerprint density at radius 2 is 2.12 bits per heavy atom. The normalized spacial score (nSPS) is 16.9. The maximum Gasteiger partial charge on any atom is 0.319 e. The molecule has 1 aliphatic rings. The van der Waals surface area contributed by atoms with E-state index in [1.165, 1.54) is 0 Å². The number of hydrogen-bond acceptors (Lipinski definition) is 4. The van der Waals surface area contributed by atoms with Crippen molar-refractivity contribution in [3.8, 4) is 5.75 Å². The standard InChI is InChI=1S/C19H22N4O3/c1-11-16(12(2)22-19(25)21-11)18(24)23(3)10-13-7-8-15(26-4)17-14(13)6-5-9-20-17/h5-9,11H,10H2,1-4H3,(H2,21,22,25). The fraction of sp³-hybridized carbons (Fsp3) is 0.316. The van der Waals surface area contributed by atoms with Crippen LogP contribution in [0.15, 0.2) is 41.7 Å². The summed E-state index contributed by atoms with van der Waals surface area (Å²) >= 11 is 0. The summed E-state index contributed by atoms with van der Waals surface area (Å²) in [4.78, 5) is 30.5. The molecule has 0 bridgehead atoms. The summed E-state index contributed by atoms with van der Waals surface area (Å²) in [7, 11) is 3.36. The number of carbonyl (C=O) groups is 2. The number of allylic oxidation sites excluding steroid dienone is 1. The first kappa shape index (κ1) is 17.7. The highest BCUT2D eigenvalue weighted by Crippen LogP contribution is 2.27. The molecule has 3 rings (SSSR count). The molecule has 2 N–H and O–H groups in total. The molecule has 0 aliphatic carbocycles. The van der Waals surface area contributed by atoms with Crippen molar-refractivity contribution in [1.82, 2.24) is 20.5 Å². The number of ether oxygens (including phenoxy) is 1. The fourth-order valence-corrected chi connectivity index (χ4v) is 3.25. The van der Waals surface area contributed by atoms with E-state index in [4.69, 9.17) is 4.74 Å². The lowest BCUT2D eigenvalue weighted by Crippen LogP contribution is -2.50. The number of hydrogen-bond donors (Lipinski definition) is 2. The molecule has 1 aromatic heterocycles. The zero-order valence-electron chi connectivity index (χ0n) is 15.3. The third-order valence-electron chi connectivity index (χ3n) is 4.51. The largest absolute Gasteiger partial charge is 0.494 e. The Morgan fingerprint density at radius 1 is 1.35 bits per heavy atom. The zero-order chi connectivity index (χ0) is 18.8. The summed E-state index contributed by atoms with van der Waals surface area (Å²) in [6.07, 6.45) is 1.72. The summed E-state index contributed by atoms with van der Waals surface area (Å²) in [6.45, 7) is 3.96. The van der Waals surface area contributed by atoms with Crippen LogP contribution in [0.3, 0.4) is 0 Å². The molecule has 136 valence electrons. The van der Waals surface area contributed by atoms with Gasteiger partial charge in [-0.3, -0.25) is 9.78 Å². The molecule has 7 heteroatoms. The number of rotatable bonds is 4. The highest BCUT2D eigenvalue weighted by Gasteiger charge is 2.28. The van der Waals surface area contributed by atoms with Gasteiger partial charge in [0.15, 0.2) is 0 Å². The van der Waals surface area contributed by atoms with Crippen molar-refractivity contribution in [3.05, 3.63) is 47.3 Å². The van der Waals surface area contributed by atoms with Crippen molar-refractivity contribution in [3.63, 3.8) is 0 Å². The van der Waals surface area contributed by atoms with Crippen LogP contribution in [0.1, 0.15) is 19.4 Å². The number of fused-ring (bicyclic) bond motifs is 1. The lowest BCUT2D eigenvalue weighted by Gasteiger charge is -2.29. The molecule has 2 heterocycles. The van der Waals surface area contributed by atoms with Crippen molar-refractivity contribution in [2.75, 3.05) is 14.2 Å². The summed E-state index contributed by atoms with van der Waals surface area (Å²) in [5.41, 5.74) is 2.88. The maximum absolute atomic E-state index is 12.9. The van der Waals surface area contributed by atoms with E-state index in [-0.39, 0.29) is 18.0 Å². The summed E-state index contributed by atoms with van der Waals surface area (Å²) < 4.78 is 5.37. The van der Waals surface area contributed by atoms with Gasteiger partial charge in [0.25, 0.3) is 5.91 Å². The van der Waals surface area contributed by atoms with Gasteiger partial charge in [-0.05, 0) is 31.5 Å². The average molecular weight is 354 g/mol. The lowest BCUT2D eigenvalue weighted by molar-refractivity contribution is -0.126. The summed E-state index contributed by atoms with van der Waals surface area (Å²) in [5, 5.41) is 6.33. The van der Waals surface area contributed by atoms with Gasteiger partial charge in [0.1, 0.15) is 11.3 Å². The molecule has 1 atom stereocenters. The SMILES string of the molecule is COc1ccc(CN(C)C(=O)C2=C(C)NC(=O)NC2C)c2cccnc12. The van der Waals surface area contributed by atoms with Crippen molar-refractivity contribution in [1.29, 1.82) is 0 Å². The minimum absolute atomic E-state index is 0.129. The molecule has 0 saturated heterocycles. The molecule has 1 aliphatic heterocycles. The third kappa shape index (κ3) is 3.20.